The highest BCUT2D eigenvalue weighted by atomic mass is 35.5. The zero-order valence-corrected chi connectivity index (χ0v) is 22.0. The molecule has 9 heteroatoms. The summed E-state index contributed by atoms with van der Waals surface area (Å²) in [7, 11) is 0. The van der Waals surface area contributed by atoms with Gasteiger partial charge >= 0.3 is 0 Å². The number of hydrogen-bond acceptors (Lipinski definition) is 5. The van der Waals surface area contributed by atoms with Crippen LogP contribution in [0.2, 0.25) is 0 Å². The van der Waals surface area contributed by atoms with Gasteiger partial charge in [-0.05, 0) is 81.6 Å². The highest BCUT2D eigenvalue weighted by molar-refractivity contribution is 8.04. The molecule has 0 radical (unpaired) electrons. The Labute approximate surface area is 223 Å². The van der Waals surface area contributed by atoms with Gasteiger partial charge in [-0.15, -0.1) is 24.8 Å². The molecule has 0 unspecified atom stereocenters. The van der Waals surface area contributed by atoms with Gasteiger partial charge in [0.1, 0.15) is 11.4 Å². The second-order valence-corrected chi connectivity index (χ2v) is 9.78. The topological polar surface area (TPSA) is 58.9 Å². The first-order valence-electron chi connectivity index (χ1n) is 11.8. The van der Waals surface area contributed by atoms with Gasteiger partial charge in [0.2, 0.25) is 0 Å². The van der Waals surface area contributed by atoms with Crippen LogP contribution in [0.4, 0.5) is 0 Å². The maximum absolute atomic E-state index is 12.8. The smallest absolute Gasteiger partial charge is 0.258 e. The van der Waals surface area contributed by atoms with Crippen molar-refractivity contribution in [3.05, 3.63) is 65.3 Å². The first kappa shape index (κ1) is 27.4. The number of nitrogens with one attached hydrogen (secondary N) is 1. The molecular formula is C26H32Cl2N4O2S. The van der Waals surface area contributed by atoms with Crippen molar-refractivity contribution in [1.29, 1.82) is 0 Å². The van der Waals surface area contributed by atoms with E-state index in [1.54, 1.807) is 0 Å². The monoisotopic (exact) mass is 534 g/mol. The molecule has 5 rings (SSSR count). The molecule has 188 valence electrons. The van der Waals surface area contributed by atoms with E-state index in [9.17, 15) is 4.79 Å². The molecule has 2 aromatic heterocycles. The van der Waals surface area contributed by atoms with Crippen LogP contribution < -0.4 is 10.1 Å². The minimum Gasteiger partial charge on any atom is -0.494 e. The van der Waals surface area contributed by atoms with Crippen molar-refractivity contribution in [1.82, 2.24) is 19.6 Å². The molecule has 2 aliphatic heterocycles. The molecule has 0 bridgehead atoms. The number of unbranched alkanes of at least 4 members (excludes halogenated alkanes) is 1. The number of benzene rings is 1. The van der Waals surface area contributed by atoms with Gasteiger partial charge < -0.3 is 15.0 Å². The molecule has 0 atom stereocenters. The van der Waals surface area contributed by atoms with E-state index in [0.717, 1.165) is 85.5 Å². The Hall–Kier alpha value is -2.19. The van der Waals surface area contributed by atoms with Crippen LogP contribution in [0.25, 0.3) is 11.7 Å². The maximum atomic E-state index is 12.8. The summed E-state index contributed by atoms with van der Waals surface area (Å²) in [5, 5.41) is 4.21. The third-order valence-corrected chi connectivity index (χ3v) is 7.43. The van der Waals surface area contributed by atoms with Crippen molar-refractivity contribution in [3.63, 3.8) is 0 Å². The van der Waals surface area contributed by atoms with Gasteiger partial charge in [0.05, 0.1) is 28.4 Å². The molecule has 1 saturated heterocycles. The van der Waals surface area contributed by atoms with Crippen molar-refractivity contribution < 1.29 is 9.53 Å². The fourth-order valence-corrected chi connectivity index (χ4v) is 5.49. The SMILES string of the molecule is Cl.Cl.O=C(NCC1CCN(CCCCOc2ccccc2)CC1)C1=Cc2cnc3cccc(n23)S1. The minimum atomic E-state index is 0. The molecule has 1 N–H and O–H groups in total. The standard InChI is InChI=1S/C26H30N4O2S.2ClH/c31-26(23-17-21-19-27-24-9-6-10-25(33-23)30(21)24)28-18-20-11-14-29(15-12-20)13-4-5-16-32-22-7-2-1-3-8-22;;/h1-3,6-10,17,19-20H,4-5,11-16,18H2,(H,28,31);2*1H. The Morgan fingerprint density at radius 2 is 1.86 bits per heavy atom. The summed E-state index contributed by atoms with van der Waals surface area (Å²) >= 11 is 1.51. The molecule has 0 spiro atoms. The minimum absolute atomic E-state index is 0. The number of imidazole rings is 1. The van der Waals surface area contributed by atoms with E-state index in [1.807, 2.05) is 60.8 Å². The summed E-state index contributed by atoms with van der Waals surface area (Å²) in [4.78, 5) is 20.5. The molecule has 0 saturated carbocycles. The second kappa shape index (κ2) is 13.2. The summed E-state index contributed by atoms with van der Waals surface area (Å²) in [5.41, 5.74) is 1.88. The summed E-state index contributed by atoms with van der Waals surface area (Å²) in [6, 6.07) is 16.0. The number of hydrogen-bond donors (Lipinski definition) is 1. The molecule has 1 fully saturated rings. The predicted molar refractivity (Wildman–Crippen MR) is 147 cm³/mol. The summed E-state index contributed by atoms with van der Waals surface area (Å²) < 4.78 is 7.87. The van der Waals surface area contributed by atoms with Gasteiger partial charge in [0.25, 0.3) is 5.91 Å². The Balaban J connectivity index is 0.00000171. The first-order valence-corrected chi connectivity index (χ1v) is 12.6. The lowest BCUT2D eigenvalue weighted by Gasteiger charge is -2.32. The van der Waals surface area contributed by atoms with E-state index in [0.29, 0.717) is 5.92 Å². The van der Waals surface area contributed by atoms with Crippen molar-refractivity contribution in [3.8, 4) is 5.75 Å². The zero-order chi connectivity index (χ0) is 22.5. The third-order valence-electron chi connectivity index (χ3n) is 6.38. The Kier molecular flexibility index (Phi) is 10.3. The van der Waals surface area contributed by atoms with Crippen LogP contribution in [-0.4, -0.2) is 53.0 Å². The Bertz CT molecular complexity index is 1130. The number of rotatable bonds is 9. The molecule has 35 heavy (non-hydrogen) atoms. The number of pyridine rings is 1. The summed E-state index contributed by atoms with van der Waals surface area (Å²) in [6.45, 7) is 4.87. The highest BCUT2D eigenvalue weighted by Crippen LogP contribution is 2.34. The number of likely N-dealkylation sites (tertiary alicyclic amines) is 1. The molecule has 1 amide bonds. The van der Waals surface area contributed by atoms with E-state index >= 15 is 0 Å². The van der Waals surface area contributed by atoms with Gasteiger partial charge in [-0.3, -0.25) is 9.20 Å². The number of amides is 1. The molecule has 3 aromatic rings. The van der Waals surface area contributed by atoms with Crippen LogP contribution in [0.15, 0.2) is 64.7 Å². The van der Waals surface area contributed by atoms with Crippen molar-refractivity contribution >= 4 is 54.2 Å². The lowest BCUT2D eigenvalue weighted by molar-refractivity contribution is -0.117. The van der Waals surface area contributed by atoms with Crippen LogP contribution in [-0.2, 0) is 4.79 Å². The van der Waals surface area contributed by atoms with Crippen LogP contribution in [0, 0.1) is 5.92 Å². The van der Waals surface area contributed by atoms with E-state index in [4.69, 9.17) is 4.74 Å². The Morgan fingerprint density at radius 3 is 2.66 bits per heavy atom. The van der Waals surface area contributed by atoms with Crippen molar-refractivity contribution in [2.75, 3.05) is 32.8 Å². The number of carbonyl (C=O) groups excluding carboxylic acids is 1. The van der Waals surface area contributed by atoms with Crippen molar-refractivity contribution in [2.45, 2.75) is 30.7 Å². The molecule has 1 aromatic carbocycles. The number of aromatic nitrogens is 2. The fourth-order valence-electron chi connectivity index (χ4n) is 4.48. The first-order chi connectivity index (χ1) is 16.3. The van der Waals surface area contributed by atoms with Crippen LogP contribution in [0.5, 0.6) is 5.75 Å². The van der Waals surface area contributed by atoms with E-state index < -0.39 is 0 Å². The number of piperidine rings is 1. The fraction of sp³-hybridized carbons (Fsp3) is 0.385. The average Bonchev–Trinajstić information content (AvgIpc) is 3.28. The maximum Gasteiger partial charge on any atom is 0.258 e. The van der Waals surface area contributed by atoms with Gasteiger partial charge in [-0.1, -0.05) is 36.0 Å². The molecule has 0 aliphatic carbocycles. The highest BCUT2D eigenvalue weighted by Gasteiger charge is 2.23. The van der Waals surface area contributed by atoms with Crippen molar-refractivity contribution in [2.24, 2.45) is 5.92 Å². The molecule has 6 nitrogen and oxygen atoms in total. The number of carbonyl (C=O) groups is 1. The summed E-state index contributed by atoms with van der Waals surface area (Å²) in [5.74, 6) is 1.52. The van der Waals surface area contributed by atoms with Crippen LogP contribution >= 0.6 is 36.6 Å². The van der Waals surface area contributed by atoms with Crippen LogP contribution in [0.1, 0.15) is 31.4 Å². The molecular weight excluding hydrogens is 503 g/mol. The number of nitrogens with zero attached hydrogens (tertiary/aromatic N) is 3. The van der Waals surface area contributed by atoms with E-state index in [1.165, 1.54) is 11.8 Å². The second-order valence-electron chi connectivity index (χ2n) is 8.72. The van der Waals surface area contributed by atoms with Gasteiger partial charge in [-0.25, -0.2) is 4.98 Å². The normalized spacial score (nSPS) is 15.6. The number of para-hydroxylation sites is 1. The van der Waals surface area contributed by atoms with Gasteiger partial charge in [0, 0.05) is 6.54 Å². The average molecular weight is 536 g/mol. The predicted octanol–water partition coefficient (Wildman–Crippen LogP) is 5.31. The van der Waals surface area contributed by atoms with E-state index in [2.05, 4.69) is 19.6 Å². The lowest BCUT2D eigenvalue weighted by Crippen LogP contribution is -2.39. The number of thioether (sulfide) groups is 1. The zero-order valence-electron chi connectivity index (χ0n) is 19.6. The summed E-state index contributed by atoms with van der Waals surface area (Å²) in [6.07, 6.45) is 8.28. The number of ether oxygens (including phenoxy) is 1. The van der Waals surface area contributed by atoms with Gasteiger partial charge in [-0.2, -0.15) is 0 Å². The van der Waals surface area contributed by atoms with Crippen LogP contribution in [0.3, 0.4) is 0 Å². The van der Waals surface area contributed by atoms with Gasteiger partial charge in [0.15, 0.2) is 0 Å². The lowest BCUT2D eigenvalue weighted by atomic mass is 9.96. The quantitative estimate of drug-likeness (QED) is 0.377. The number of halogens is 2. The molecule has 4 heterocycles. The Morgan fingerprint density at radius 1 is 1.06 bits per heavy atom. The third kappa shape index (κ3) is 6.94. The molecule has 2 aliphatic rings. The largest absolute Gasteiger partial charge is 0.494 e. The van der Waals surface area contributed by atoms with E-state index in [-0.39, 0.29) is 30.7 Å².